The Hall–Kier alpha value is -1.95. The van der Waals surface area contributed by atoms with E-state index in [1.165, 1.54) is 11.3 Å². The Labute approximate surface area is 160 Å². The first-order valence-corrected chi connectivity index (χ1v) is 9.32. The number of benzene rings is 1. The van der Waals surface area contributed by atoms with E-state index in [0.717, 1.165) is 21.6 Å². The fourth-order valence-electron chi connectivity index (χ4n) is 2.17. The molecule has 1 aromatic carbocycles. The summed E-state index contributed by atoms with van der Waals surface area (Å²) in [5, 5.41) is 7.84. The number of thiazole rings is 1. The van der Waals surface area contributed by atoms with E-state index in [4.69, 9.17) is 23.2 Å². The first-order valence-electron chi connectivity index (χ1n) is 7.69. The smallest absolute Gasteiger partial charge is 0.206 e. The minimum Gasteiger partial charge on any atom is -0.265 e. The average molecular weight is 391 g/mol. The van der Waals surface area contributed by atoms with Crippen molar-refractivity contribution in [1.82, 2.24) is 9.66 Å². The molecule has 0 radical (unpaired) electrons. The maximum absolute atomic E-state index is 6.38. The molecule has 0 unspecified atom stereocenters. The standard InChI is InChI=1S/C18H16Cl2N4S/c1-12(2)23-18-24(22-10-13-5-7-21-8-6-13)17(11-25-18)15-9-14(19)3-4-16(15)20/h3-12H,1-2H3. The lowest BCUT2D eigenvalue weighted by Crippen LogP contribution is -2.14. The Morgan fingerprint density at radius 2 is 1.92 bits per heavy atom. The van der Waals surface area contributed by atoms with Crippen molar-refractivity contribution >= 4 is 40.8 Å². The molecule has 2 heterocycles. The summed E-state index contributed by atoms with van der Waals surface area (Å²) in [6, 6.07) is 9.33. The molecule has 128 valence electrons. The third-order valence-corrected chi connectivity index (χ3v) is 4.68. The SMILES string of the molecule is CC(C)N=c1scc(-c2cc(Cl)ccc2Cl)n1N=Cc1ccncc1. The number of hydrogen-bond donors (Lipinski definition) is 0. The van der Waals surface area contributed by atoms with Gasteiger partial charge in [-0.25, -0.2) is 4.68 Å². The second kappa shape index (κ2) is 7.95. The zero-order chi connectivity index (χ0) is 17.8. The molecule has 0 atom stereocenters. The van der Waals surface area contributed by atoms with Crippen LogP contribution in [0.15, 0.2) is 58.2 Å². The van der Waals surface area contributed by atoms with Crippen molar-refractivity contribution in [3.63, 3.8) is 0 Å². The van der Waals surface area contributed by atoms with Crippen LogP contribution in [0.3, 0.4) is 0 Å². The Morgan fingerprint density at radius 3 is 2.64 bits per heavy atom. The first-order chi connectivity index (χ1) is 12.0. The van der Waals surface area contributed by atoms with Gasteiger partial charge >= 0.3 is 0 Å². The predicted molar refractivity (Wildman–Crippen MR) is 106 cm³/mol. The van der Waals surface area contributed by atoms with E-state index < -0.39 is 0 Å². The summed E-state index contributed by atoms with van der Waals surface area (Å²) in [5.41, 5.74) is 2.62. The fourth-order valence-corrected chi connectivity index (χ4v) is 3.52. The van der Waals surface area contributed by atoms with Gasteiger partial charge in [-0.2, -0.15) is 5.10 Å². The van der Waals surface area contributed by atoms with E-state index in [9.17, 15) is 0 Å². The lowest BCUT2D eigenvalue weighted by molar-refractivity contribution is 0.754. The second-order valence-corrected chi connectivity index (χ2v) is 7.27. The minimum absolute atomic E-state index is 0.156. The molecular formula is C18H16Cl2N4S. The molecule has 0 bridgehead atoms. The highest BCUT2D eigenvalue weighted by Gasteiger charge is 2.12. The topological polar surface area (TPSA) is 42.5 Å². The summed E-state index contributed by atoms with van der Waals surface area (Å²) in [4.78, 5) is 9.46. The zero-order valence-corrected chi connectivity index (χ0v) is 16.1. The maximum atomic E-state index is 6.38. The molecule has 0 spiro atoms. The van der Waals surface area contributed by atoms with Gasteiger partial charge in [0.15, 0.2) is 0 Å². The maximum Gasteiger partial charge on any atom is 0.206 e. The molecule has 0 saturated carbocycles. The molecule has 0 N–H and O–H groups in total. The molecular weight excluding hydrogens is 375 g/mol. The third-order valence-electron chi connectivity index (χ3n) is 3.29. The second-order valence-electron chi connectivity index (χ2n) is 5.59. The third kappa shape index (κ3) is 4.37. The van der Waals surface area contributed by atoms with Crippen LogP contribution in [0.1, 0.15) is 19.4 Å². The van der Waals surface area contributed by atoms with Crippen LogP contribution in [-0.2, 0) is 0 Å². The van der Waals surface area contributed by atoms with Crippen LogP contribution < -0.4 is 4.80 Å². The fraction of sp³-hybridized carbons (Fsp3) is 0.167. The summed E-state index contributed by atoms with van der Waals surface area (Å²) in [5.74, 6) is 0. The number of aromatic nitrogens is 2. The lowest BCUT2D eigenvalue weighted by Gasteiger charge is -2.06. The Kier molecular flexibility index (Phi) is 5.68. The first kappa shape index (κ1) is 17.9. The van der Waals surface area contributed by atoms with Crippen molar-refractivity contribution in [2.75, 3.05) is 0 Å². The minimum atomic E-state index is 0.156. The zero-order valence-electron chi connectivity index (χ0n) is 13.7. The number of hydrogen-bond acceptors (Lipinski definition) is 4. The van der Waals surface area contributed by atoms with Crippen LogP contribution in [0, 0.1) is 0 Å². The van der Waals surface area contributed by atoms with Gasteiger partial charge in [-0.15, -0.1) is 11.3 Å². The van der Waals surface area contributed by atoms with Crippen LogP contribution in [0.5, 0.6) is 0 Å². The molecule has 0 aliphatic rings. The quantitative estimate of drug-likeness (QED) is 0.570. The van der Waals surface area contributed by atoms with Gasteiger partial charge in [0.25, 0.3) is 0 Å². The van der Waals surface area contributed by atoms with E-state index >= 15 is 0 Å². The summed E-state index contributed by atoms with van der Waals surface area (Å²) in [7, 11) is 0. The molecule has 3 rings (SSSR count). The number of halogens is 2. The van der Waals surface area contributed by atoms with Gasteiger partial charge in [0, 0.05) is 34.4 Å². The number of pyridine rings is 1. The van der Waals surface area contributed by atoms with Gasteiger partial charge in [-0.05, 0) is 49.7 Å². The molecule has 4 nitrogen and oxygen atoms in total. The largest absolute Gasteiger partial charge is 0.265 e. The van der Waals surface area contributed by atoms with Gasteiger partial charge in [-0.1, -0.05) is 23.2 Å². The highest BCUT2D eigenvalue weighted by molar-refractivity contribution is 7.07. The predicted octanol–water partition coefficient (Wildman–Crippen LogP) is 5.11. The van der Waals surface area contributed by atoms with Crippen LogP contribution in [0.4, 0.5) is 0 Å². The van der Waals surface area contributed by atoms with Crippen LogP contribution in [0.25, 0.3) is 11.3 Å². The van der Waals surface area contributed by atoms with Crippen molar-refractivity contribution in [2.45, 2.75) is 19.9 Å². The van der Waals surface area contributed by atoms with Crippen LogP contribution >= 0.6 is 34.5 Å². The van der Waals surface area contributed by atoms with Gasteiger partial charge in [-0.3, -0.25) is 9.98 Å². The van der Waals surface area contributed by atoms with Crippen molar-refractivity contribution in [3.8, 4) is 11.3 Å². The van der Waals surface area contributed by atoms with Crippen LogP contribution in [-0.4, -0.2) is 21.9 Å². The number of rotatable bonds is 4. The van der Waals surface area contributed by atoms with Crippen molar-refractivity contribution < 1.29 is 0 Å². The highest BCUT2D eigenvalue weighted by Crippen LogP contribution is 2.30. The molecule has 7 heteroatoms. The molecule has 0 aliphatic carbocycles. The van der Waals surface area contributed by atoms with E-state index in [2.05, 4.69) is 15.1 Å². The molecule has 25 heavy (non-hydrogen) atoms. The molecule has 0 aliphatic heterocycles. The van der Waals surface area contributed by atoms with E-state index in [1.807, 2.05) is 37.4 Å². The lowest BCUT2D eigenvalue weighted by atomic mass is 10.2. The highest BCUT2D eigenvalue weighted by atomic mass is 35.5. The molecule has 0 fully saturated rings. The molecule has 0 amide bonds. The van der Waals surface area contributed by atoms with E-state index in [1.54, 1.807) is 35.4 Å². The van der Waals surface area contributed by atoms with Crippen LogP contribution in [0.2, 0.25) is 10.0 Å². The molecule has 3 aromatic rings. The van der Waals surface area contributed by atoms with Crippen molar-refractivity contribution in [1.29, 1.82) is 0 Å². The normalized spacial score (nSPS) is 12.4. The van der Waals surface area contributed by atoms with E-state index in [0.29, 0.717) is 10.0 Å². The molecule has 0 saturated heterocycles. The van der Waals surface area contributed by atoms with E-state index in [-0.39, 0.29) is 6.04 Å². The summed E-state index contributed by atoms with van der Waals surface area (Å²) < 4.78 is 1.79. The summed E-state index contributed by atoms with van der Waals surface area (Å²) >= 11 is 14.0. The van der Waals surface area contributed by atoms with Gasteiger partial charge in [0.1, 0.15) is 0 Å². The Balaban J connectivity index is 2.15. The van der Waals surface area contributed by atoms with Crippen molar-refractivity contribution in [3.05, 3.63) is 68.5 Å². The summed E-state index contributed by atoms with van der Waals surface area (Å²) in [6.45, 7) is 4.06. The number of nitrogens with zero attached hydrogens (tertiary/aromatic N) is 4. The summed E-state index contributed by atoms with van der Waals surface area (Å²) in [6.07, 6.45) is 5.23. The average Bonchev–Trinajstić information content (AvgIpc) is 2.98. The van der Waals surface area contributed by atoms with Crippen molar-refractivity contribution in [2.24, 2.45) is 10.1 Å². The monoisotopic (exact) mass is 390 g/mol. The Bertz CT molecular complexity index is 959. The molecule has 2 aromatic heterocycles. The van der Waals surface area contributed by atoms with Gasteiger partial charge < -0.3 is 0 Å². The Morgan fingerprint density at radius 1 is 1.16 bits per heavy atom. The van der Waals surface area contributed by atoms with Gasteiger partial charge in [0.05, 0.1) is 16.9 Å². The van der Waals surface area contributed by atoms with Gasteiger partial charge in [0.2, 0.25) is 4.80 Å².